The SMILES string of the molecule is Cc1[nH]c(CC(C)C)nc1CO. The second-order valence-electron chi connectivity index (χ2n) is 3.51. The van der Waals surface area contributed by atoms with Crippen molar-refractivity contribution in [2.75, 3.05) is 0 Å². The van der Waals surface area contributed by atoms with E-state index in [-0.39, 0.29) is 6.61 Å². The number of rotatable bonds is 3. The number of imidazole rings is 1. The van der Waals surface area contributed by atoms with Crippen molar-refractivity contribution in [2.45, 2.75) is 33.8 Å². The molecule has 68 valence electrons. The summed E-state index contributed by atoms with van der Waals surface area (Å²) in [6.45, 7) is 6.26. The summed E-state index contributed by atoms with van der Waals surface area (Å²) in [6.07, 6.45) is 0.945. The summed E-state index contributed by atoms with van der Waals surface area (Å²) >= 11 is 0. The molecule has 0 aliphatic heterocycles. The highest BCUT2D eigenvalue weighted by molar-refractivity contribution is 5.12. The van der Waals surface area contributed by atoms with E-state index in [2.05, 4.69) is 23.8 Å². The van der Waals surface area contributed by atoms with E-state index in [0.29, 0.717) is 5.92 Å². The van der Waals surface area contributed by atoms with E-state index in [9.17, 15) is 0 Å². The molecule has 0 aliphatic carbocycles. The number of nitrogens with one attached hydrogen (secondary N) is 1. The minimum absolute atomic E-state index is 0.0282. The Bertz CT molecular complexity index is 253. The summed E-state index contributed by atoms with van der Waals surface area (Å²) in [4.78, 5) is 7.42. The summed E-state index contributed by atoms with van der Waals surface area (Å²) in [5.41, 5.74) is 1.75. The van der Waals surface area contributed by atoms with Gasteiger partial charge < -0.3 is 10.1 Å². The molecule has 0 unspecified atom stereocenters. The highest BCUT2D eigenvalue weighted by Crippen LogP contribution is 2.08. The average Bonchev–Trinajstić information content (AvgIpc) is 2.29. The Morgan fingerprint density at radius 2 is 2.17 bits per heavy atom. The van der Waals surface area contributed by atoms with Gasteiger partial charge in [0.25, 0.3) is 0 Å². The largest absolute Gasteiger partial charge is 0.390 e. The van der Waals surface area contributed by atoms with Gasteiger partial charge >= 0.3 is 0 Å². The molecule has 0 fully saturated rings. The fraction of sp³-hybridized carbons (Fsp3) is 0.667. The van der Waals surface area contributed by atoms with Gasteiger partial charge in [-0.3, -0.25) is 0 Å². The molecule has 0 amide bonds. The lowest BCUT2D eigenvalue weighted by Crippen LogP contribution is -1.96. The lowest BCUT2D eigenvalue weighted by molar-refractivity contribution is 0.276. The third kappa shape index (κ3) is 2.08. The fourth-order valence-electron chi connectivity index (χ4n) is 1.20. The molecule has 1 aromatic heterocycles. The Hall–Kier alpha value is -0.830. The maximum absolute atomic E-state index is 8.88. The van der Waals surface area contributed by atoms with Crippen LogP contribution in [0.25, 0.3) is 0 Å². The number of aliphatic hydroxyl groups excluding tert-OH is 1. The molecule has 1 heterocycles. The van der Waals surface area contributed by atoms with Crippen LogP contribution in [0, 0.1) is 12.8 Å². The number of hydrogen-bond acceptors (Lipinski definition) is 2. The van der Waals surface area contributed by atoms with Crippen LogP contribution >= 0.6 is 0 Å². The fourth-order valence-corrected chi connectivity index (χ4v) is 1.20. The first-order chi connectivity index (χ1) is 5.63. The summed E-state index contributed by atoms with van der Waals surface area (Å²) in [7, 11) is 0. The normalized spacial score (nSPS) is 11.1. The molecule has 2 N–H and O–H groups in total. The van der Waals surface area contributed by atoms with Gasteiger partial charge in [0, 0.05) is 12.1 Å². The molecule has 0 bridgehead atoms. The van der Waals surface area contributed by atoms with Gasteiger partial charge in [0.15, 0.2) is 0 Å². The third-order valence-electron chi connectivity index (χ3n) is 1.79. The van der Waals surface area contributed by atoms with Crippen LogP contribution in [-0.4, -0.2) is 15.1 Å². The van der Waals surface area contributed by atoms with Crippen LogP contribution in [0.3, 0.4) is 0 Å². The Balaban J connectivity index is 2.75. The number of aromatic nitrogens is 2. The standard InChI is InChI=1S/C9H16N2O/c1-6(2)4-9-10-7(3)8(5-12)11-9/h6,12H,4-5H2,1-3H3,(H,10,11). The van der Waals surface area contributed by atoms with Crippen molar-refractivity contribution in [3.05, 3.63) is 17.2 Å². The first kappa shape index (κ1) is 9.26. The first-order valence-corrected chi connectivity index (χ1v) is 4.28. The Kier molecular flexibility index (Phi) is 2.87. The average molecular weight is 168 g/mol. The summed E-state index contributed by atoms with van der Waals surface area (Å²) in [5, 5.41) is 8.88. The van der Waals surface area contributed by atoms with Crippen molar-refractivity contribution < 1.29 is 5.11 Å². The van der Waals surface area contributed by atoms with Gasteiger partial charge in [-0.1, -0.05) is 13.8 Å². The highest BCUT2D eigenvalue weighted by atomic mass is 16.3. The highest BCUT2D eigenvalue weighted by Gasteiger charge is 2.06. The smallest absolute Gasteiger partial charge is 0.106 e. The first-order valence-electron chi connectivity index (χ1n) is 4.28. The Labute approximate surface area is 72.8 Å². The van der Waals surface area contributed by atoms with Crippen LogP contribution in [0.4, 0.5) is 0 Å². The molecule has 0 saturated carbocycles. The maximum atomic E-state index is 8.88. The van der Waals surface area contributed by atoms with E-state index >= 15 is 0 Å². The molecule has 0 atom stereocenters. The zero-order chi connectivity index (χ0) is 9.14. The molecule has 0 aliphatic rings. The zero-order valence-electron chi connectivity index (χ0n) is 7.89. The number of aryl methyl sites for hydroxylation is 1. The summed E-state index contributed by atoms with van der Waals surface area (Å²) < 4.78 is 0. The van der Waals surface area contributed by atoms with Crippen molar-refractivity contribution in [2.24, 2.45) is 5.92 Å². The van der Waals surface area contributed by atoms with E-state index in [0.717, 1.165) is 23.6 Å². The molecule has 0 saturated heterocycles. The molecule has 12 heavy (non-hydrogen) atoms. The van der Waals surface area contributed by atoms with Crippen molar-refractivity contribution in [1.29, 1.82) is 0 Å². The van der Waals surface area contributed by atoms with Gasteiger partial charge in [-0.15, -0.1) is 0 Å². The van der Waals surface area contributed by atoms with Gasteiger partial charge in [0.2, 0.25) is 0 Å². The molecule has 1 aromatic rings. The van der Waals surface area contributed by atoms with E-state index in [1.54, 1.807) is 0 Å². The zero-order valence-corrected chi connectivity index (χ0v) is 7.89. The minimum atomic E-state index is 0.0282. The lowest BCUT2D eigenvalue weighted by Gasteiger charge is -1.98. The van der Waals surface area contributed by atoms with Crippen molar-refractivity contribution in [3.8, 4) is 0 Å². The van der Waals surface area contributed by atoms with E-state index in [1.165, 1.54) is 0 Å². The van der Waals surface area contributed by atoms with Crippen LogP contribution in [0.15, 0.2) is 0 Å². The van der Waals surface area contributed by atoms with Gasteiger partial charge in [-0.2, -0.15) is 0 Å². The van der Waals surface area contributed by atoms with Crippen molar-refractivity contribution >= 4 is 0 Å². The molecule has 0 radical (unpaired) electrons. The van der Waals surface area contributed by atoms with Crippen LogP contribution in [0.5, 0.6) is 0 Å². The molecular weight excluding hydrogens is 152 g/mol. The minimum Gasteiger partial charge on any atom is -0.390 e. The number of H-pyrrole nitrogens is 1. The van der Waals surface area contributed by atoms with Crippen LogP contribution in [-0.2, 0) is 13.0 Å². The van der Waals surface area contributed by atoms with Crippen molar-refractivity contribution in [1.82, 2.24) is 9.97 Å². The van der Waals surface area contributed by atoms with E-state index < -0.39 is 0 Å². The Morgan fingerprint density at radius 3 is 2.58 bits per heavy atom. The molecule has 0 aromatic carbocycles. The van der Waals surface area contributed by atoms with Gasteiger partial charge in [-0.05, 0) is 12.8 Å². The van der Waals surface area contributed by atoms with E-state index in [4.69, 9.17) is 5.11 Å². The lowest BCUT2D eigenvalue weighted by atomic mass is 10.1. The number of aromatic amines is 1. The predicted octanol–water partition coefficient (Wildman–Crippen LogP) is 1.41. The molecule has 3 nitrogen and oxygen atoms in total. The molecule has 1 rings (SSSR count). The van der Waals surface area contributed by atoms with Crippen LogP contribution < -0.4 is 0 Å². The molecule has 0 spiro atoms. The van der Waals surface area contributed by atoms with Crippen LogP contribution in [0.1, 0.15) is 31.1 Å². The quantitative estimate of drug-likeness (QED) is 0.717. The maximum Gasteiger partial charge on any atom is 0.106 e. The van der Waals surface area contributed by atoms with Crippen LogP contribution in [0.2, 0.25) is 0 Å². The van der Waals surface area contributed by atoms with E-state index in [1.807, 2.05) is 6.92 Å². The summed E-state index contributed by atoms with van der Waals surface area (Å²) in [6, 6.07) is 0. The van der Waals surface area contributed by atoms with Gasteiger partial charge in [0.1, 0.15) is 5.82 Å². The monoisotopic (exact) mass is 168 g/mol. The summed E-state index contributed by atoms with van der Waals surface area (Å²) in [5.74, 6) is 1.58. The third-order valence-corrected chi connectivity index (χ3v) is 1.79. The number of aliphatic hydroxyl groups is 1. The molecular formula is C9H16N2O. The Morgan fingerprint density at radius 1 is 1.50 bits per heavy atom. The number of hydrogen-bond donors (Lipinski definition) is 2. The second kappa shape index (κ2) is 3.72. The second-order valence-corrected chi connectivity index (χ2v) is 3.51. The molecule has 3 heteroatoms. The predicted molar refractivity (Wildman–Crippen MR) is 47.8 cm³/mol. The number of nitrogens with zero attached hydrogens (tertiary/aromatic N) is 1. The van der Waals surface area contributed by atoms with Gasteiger partial charge in [-0.25, -0.2) is 4.98 Å². The van der Waals surface area contributed by atoms with Crippen molar-refractivity contribution in [3.63, 3.8) is 0 Å². The van der Waals surface area contributed by atoms with Gasteiger partial charge in [0.05, 0.1) is 12.3 Å². The topological polar surface area (TPSA) is 48.9 Å².